The predicted molar refractivity (Wildman–Crippen MR) is 77.8 cm³/mol. The molecule has 0 fully saturated rings. The Hall–Kier alpha value is -3.09. The van der Waals surface area contributed by atoms with E-state index in [-0.39, 0.29) is 5.56 Å². The van der Waals surface area contributed by atoms with Crippen LogP contribution in [0.15, 0.2) is 46.6 Å². The number of aromatic hydroxyl groups is 3. The van der Waals surface area contributed by atoms with Gasteiger partial charge in [0.25, 0.3) is 0 Å². The van der Waals surface area contributed by atoms with Gasteiger partial charge in [-0.05, 0) is 43.3 Å². The van der Waals surface area contributed by atoms with Crippen LogP contribution in [-0.4, -0.2) is 26.4 Å². The number of phenolic OH excluding ortho intramolecular Hbond substituents is 3. The lowest BCUT2D eigenvalue weighted by Gasteiger charge is -2.10. The lowest BCUT2D eigenvalue weighted by molar-refractivity contribution is 0.0697. The van der Waals surface area contributed by atoms with Gasteiger partial charge in [0.05, 0.1) is 17.3 Å². The fourth-order valence-electron chi connectivity index (χ4n) is 1.81. The summed E-state index contributed by atoms with van der Waals surface area (Å²) >= 11 is 0. The molecule has 0 bridgehead atoms. The quantitative estimate of drug-likeness (QED) is 0.509. The van der Waals surface area contributed by atoms with Gasteiger partial charge in [-0.25, -0.2) is 4.79 Å². The Kier molecular flexibility index (Phi) is 4.26. The third-order valence-electron chi connectivity index (χ3n) is 3.07. The molecule has 4 N–H and O–H groups in total. The van der Waals surface area contributed by atoms with Gasteiger partial charge in [-0.3, -0.25) is 0 Å². The average molecular weight is 302 g/mol. The molecule has 1 unspecified atom stereocenters. The monoisotopic (exact) mass is 302 g/mol. The normalized spacial score (nSPS) is 12.4. The van der Waals surface area contributed by atoms with E-state index in [0.29, 0.717) is 11.3 Å². The van der Waals surface area contributed by atoms with Crippen molar-refractivity contribution >= 4 is 11.7 Å². The molecule has 0 aliphatic carbocycles. The van der Waals surface area contributed by atoms with Gasteiger partial charge in [0, 0.05) is 5.56 Å². The average Bonchev–Trinajstić information content (AvgIpc) is 2.51. The second-order valence-electron chi connectivity index (χ2n) is 4.61. The van der Waals surface area contributed by atoms with Gasteiger partial charge in [0.15, 0.2) is 11.5 Å². The minimum Gasteiger partial charge on any atom is -0.504 e. The predicted octanol–water partition coefficient (Wildman–Crippen LogP) is 3.35. The molecule has 0 spiro atoms. The summed E-state index contributed by atoms with van der Waals surface area (Å²) in [5.41, 5.74) is 0.911. The van der Waals surface area contributed by atoms with Crippen molar-refractivity contribution in [3.8, 4) is 17.2 Å². The van der Waals surface area contributed by atoms with Gasteiger partial charge in [-0.1, -0.05) is 0 Å². The number of rotatable bonds is 4. The van der Waals surface area contributed by atoms with Crippen molar-refractivity contribution in [2.45, 2.75) is 13.0 Å². The summed E-state index contributed by atoms with van der Waals surface area (Å²) in [5, 5.41) is 45.3. The Labute approximate surface area is 125 Å². The maximum atomic E-state index is 10.7. The van der Waals surface area contributed by atoms with Crippen LogP contribution in [0.3, 0.4) is 0 Å². The summed E-state index contributed by atoms with van der Waals surface area (Å²) < 4.78 is 0. The van der Waals surface area contributed by atoms with Crippen LogP contribution in [0.2, 0.25) is 0 Å². The van der Waals surface area contributed by atoms with E-state index in [1.54, 1.807) is 6.92 Å². The van der Waals surface area contributed by atoms with E-state index in [9.17, 15) is 20.1 Å². The van der Waals surface area contributed by atoms with Gasteiger partial charge < -0.3 is 20.4 Å². The molecule has 0 aliphatic rings. The minimum absolute atomic E-state index is 0.146. The van der Waals surface area contributed by atoms with Crippen molar-refractivity contribution in [1.82, 2.24) is 0 Å². The molecule has 7 nitrogen and oxygen atoms in total. The van der Waals surface area contributed by atoms with Crippen LogP contribution in [-0.2, 0) is 0 Å². The van der Waals surface area contributed by atoms with Crippen LogP contribution in [0.1, 0.15) is 28.9 Å². The topological polar surface area (TPSA) is 123 Å². The van der Waals surface area contributed by atoms with E-state index >= 15 is 0 Å². The second-order valence-corrected chi connectivity index (χ2v) is 4.61. The maximum Gasteiger partial charge on any atom is 0.335 e. The summed E-state index contributed by atoms with van der Waals surface area (Å²) in [6, 6.07) is 7.95. The van der Waals surface area contributed by atoms with Gasteiger partial charge >= 0.3 is 5.97 Å². The molecule has 0 saturated carbocycles. The molecular weight excluding hydrogens is 288 g/mol. The number of benzene rings is 2. The molecule has 0 amide bonds. The fourth-order valence-corrected chi connectivity index (χ4v) is 1.81. The molecule has 2 aromatic carbocycles. The number of azo groups is 1. The highest BCUT2D eigenvalue weighted by molar-refractivity contribution is 5.87. The van der Waals surface area contributed by atoms with Gasteiger partial charge in [-0.2, -0.15) is 10.2 Å². The number of carboxylic acid groups (broad SMARTS) is 1. The first-order chi connectivity index (χ1) is 10.4. The number of carboxylic acids is 1. The Balaban J connectivity index is 2.19. The first-order valence-electron chi connectivity index (χ1n) is 6.38. The van der Waals surface area contributed by atoms with E-state index in [0.717, 1.165) is 0 Å². The Morgan fingerprint density at radius 1 is 1.00 bits per heavy atom. The Bertz CT molecular complexity index is 725. The lowest BCUT2D eigenvalue weighted by Crippen LogP contribution is -1.94. The molecule has 2 aromatic rings. The molecule has 114 valence electrons. The number of phenols is 3. The van der Waals surface area contributed by atoms with Gasteiger partial charge in [0.2, 0.25) is 5.75 Å². The molecule has 1 atom stereocenters. The third-order valence-corrected chi connectivity index (χ3v) is 3.07. The molecule has 0 aromatic heterocycles. The number of aromatic carboxylic acids is 1. The highest BCUT2D eigenvalue weighted by Crippen LogP contribution is 2.40. The largest absolute Gasteiger partial charge is 0.504 e. The van der Waals surface area contributed by atoms with E-state index < -0.39 is 29.3 Å². The molecule has 22 heavy (non-hydrogen) atoms. The summed E-state index contributed by atoms with van der Waals surface area (Å²) in [7, 11) is 0. The fraction of sp³-hybridized carbons (Fsp3) is 0.133. The molecule has 2 rings (SSSR count). The first kappa shape index (κ1) is 15.3. The van der Waals surface area contributed by atoms with Crippen molar-refractivity contribution in [2.75, 3.05) is 0 Å². The molecule has 0 heterocycles. The zero-order valence-corrected chi connectivity index (χ0v) is 11.6. The van der Waals surface area contributed by atoms with Crippen LogP contribution in [0.25, 0.3) is 0 Å². The summed E-state index contributed by atoms with van der Waals surface area (Å²) in [5.74, 6) is -2.51. The highest BCUT2D eigenvalue weighted by atomic mass is 16.4. The van der Waals surface area contributed by atoms with Gasteiger partial charge in [0.1, 0.15) is 0 Å². The Morgan fingerprint density at radius 3 is 2.23 bits per heavy atom. The van der Waals surface area contributed by atoms with E-state index in [1.807, 2.05) is 0 Å². The standard InChI is InChI=1S/C15H14N2O5/c1-8(11-6-7-12(18)14(20)13(11)19)16-17-10-4-2-9(3-5-10)15(21)22/h2-8,18-20H,1H3,(H,21,22). The SMILES string of the molecule is CC(N=Nc1ccc(C(=O)O)cc1)c1ccc(O)c(O)c1O. The van der Waals surface area contributed by atoms with Crippen LogP contribution in [0.4, 0.5) is 5.69 Å². The molecule has 0 radical (unpaired) electrons. The van der Waals surface area contributed by atoms with Crippen molar-refractivity contribution in [3.63, 3.8) is 0 Å². The molecule has 7 heteroatoms. The van der Waals surface area contributed by atoms with Crippen molar-refractivity contribution < 1.29 is 25.2 Å². The minimum atomic E-state index is -1.03. The first-order valence-corrected chi connectivity index (χ1v) is 6.38. The summed E-state index contributed by atoms with van der Waals surface area (Å²) in [4.78, 5) is 10.7. The van der Waals surface area contributed by atoms with Crippen molar-refractivity contribution in [1.29, 1.82) is 0 Å². The van der Waals surface area contributed by atoms with Crippen LogP contribution >= 0.6 is 0 Å². The van der Waals surface area contributed by atoms with E-state index in [1.165, 1.54) is 36.4 Å². The number of nitrogens with zero attached hydrogens (tertiary/aromatic N) is 2. The highest BCUT2D eigenvalue weighted by Gasteiger charge is 2.15. The van der Waals surface area contributed by atoms with Crippen LogP contribution < -0.4 is 0 Å². The van der Waals surface area contributed by atoms with Crippen molar-refractivity contribution in [3.05, 3.63) is 47.5 Å². The van der Waals surface area contributed by atoms with E-state index in [2.05, 4.69) is 10.2 Å². The van der Waals surface area contributed by atoms with E-state index in [4.69, 9.17) is 5.11 Å². The maximum absolute atomic E-state index is 10.7. The molecular formula is C15H14N2O5. The number of hydrogen-bond acceptors (Lipinski definition) is 6. The van der Waals surface area contributed by atoms with Crippen LogP contribution in [0.5, 0.6) is 17.2 Å². The second kappa shape index (κ2) is 6.13. The number of carbonyl (C=O) groups is 1. The van der Waals surface area contributed by atoms with Crippen LogP contribution in [0, 0.1) is 0 Å². The van der Waals surface area contributed by atoms with Crippen molar-refractivity contribution in [2.24, 2.45) is 10.2 Å². The lowest BCUT2D eigenvalue weighted by atomic mass is 10.1. The Morgan fingerprint density at radius 2 is 1.64 bits per heavy atom. The summed E-state index contributed by atoms with van der Waals surface area (Å²) in [6.07, 6.45) is 0. The smallest absolute Gasteiger partial charge is 0.335 e. The summed E-state index contributed by atoms with van der Waals surface area (Å²) in [6.45, 7) is 1.65. The van der Waals surface area contributed by atoms with Gasteiger partial charge in [-0.15, -0.1) is 0 Å². The zero-order chi connectivity index (χ0) is 16.3. The molecule has 0 saturated heterocycles. The molecule has 0 aliphatic heterocycles. The number of hydrogen-bond donors (Lipinski definition) is 4. The third kappa shape index (κ3) is 3.14. The zero-order valence-electron chi connectivity index (χ0n) is 11.6.